The predicted molar refractivity (Wildman–Crippen MR) is 126 cm³/mol. The molecule has 3 aromatic carbocycles. The number of hydrogen-bond donors (Lipinski definition) is 0. The summed E-state index contributed by atoms with van der Waals surface area (Å²) in [5, 5.41) is 1.13. The summed E-state index contributed by atoms with van der Waals surface area (Å²) < 4.78 is 8.10. The van der Waals surface area contributed by atoms with E-state index in [0.717, 1.165) is 45.6 Å². The third kappa shape index (κ3) is 3.50. The van der Waals surface area contributed by atoms with Crippen LogP contribution in [-0.2, 0) is 11.3 Å². The minimum atomic E-state index is 0.0629. The topological polar surface area (TPSA) is 34.5 Å². The van der Waals surface area contributed by atoms with Crippen LogP contribution < -0.4 is 9.64 Å². The van der Waals surface area contributed by atoms with Crippen LogP contribution in [0.25, 0.3) is 22.6 Å². The Hall–Kier alpha value is -3.79. The van der Waals surface area contributed by atoms with E-state index < -0.39 is 0 Å². The minimum absolute atomic E-state index is 0.0629. The highest BCUT2D eigenvalue weighted by Crippen LogP contribution is 2.38. The van der Waals surface area contributed by atoms with E-state index in [-0.39, 0.29) is 5.91 Å². The van der Waals surface area contributed by atoms with Crippen LogP contribution in [0, 0.1) is 0 Å². The van der Waals surface area contributed by atoms with Crippen LogP contribution in [0.15, 0.2) is 85.1 Å². The van der Waals surface area contributed by atoms with Crippen molar-refractivity contribution >= 4 is 34.1 Å². The highest BCUT2D eigenvalue weighted by molar-refractivity contribution is 6.36. The molecular weight excluding hydrogens is 384 g/mol. The summed E-state index contributed by atoms with van der Waals surface area (Å²) >= 11 is 0. The lowest BCUT2D eigenvalue weighted by atomic mass is 10.0. The van der Waals surface area contributed by atoms with Crippen molar-refractivity contribution in [3.8, 4) is 5.75 Å². The van der Waals surface area contributed by atoms with Crippen molar-refractivity contribution in [2.24, 2.45) is 0 Å². The quantitative estimate of drug-likeness (QED) is 0.388. The molecule has 1 aromatic heterocycles. The number of para-hydroxylation sites is 3. The van der Waals surface area contributed by atoms with Gasteiger partial charge in [-0.25, -0.2) is 0 Å². The second-order valence-electron chi connectivity index (χ2n) is 7.58. The number of hydrogen-bond acceptors (Lipinski definition) is 2. The van der Waals surface area contributed by atoms with Crippen LogP contribution in [0.4, 0.5) is 5.69 Å². The number of likely N-dealkylation sites (N-methyl/N-ethyl adjacent to an activating group) is 1. The summed E-state index contributed by atoms with van der Waals surface area (Å²) in [5.41, 5.74) is 4.92. The monoisotopic (exact) mass is 408 g/mol. The number of ether oxygens (including phenoxy) is 1. The number of nitrogens with zero attached hydrogens (tertiary/aromatic N) is 2. The Kier molecular flexibility index (Phi) is 5.04. The lowest BCUT2D eigenvalue weighted by Crippen LogP contribution is -2.25. The van der Waals surface area contributed by atoms with Crippen LogP contribution >= 0.6 is 0 Å². The van der Waals surface area contributed by atoms with Crippen molar-refractivity contribution in [2.45, 2.75) is 13.5 Å². The molecule has 0 radical (unpaired) electrons. The van der Waals surface area contributed by atoms with E-state index in [0.29, 0.717) is 13.2 Å². The maximum Gasteiger partial charge on any atom is 0.258 e. The van der Waals surface area contributed by atoms with Crippen LogP contribution in [0.3, 0.4) is 0 Å². The van der Waals surface area contributed by atoms with Gasteiger partial charge in [-0.2, -0.15) is 0 Å². The molecule has 0 atom stereocenters. The molecule has 0 unspecified atom stereocenters. The van der Waals surface area contributed by atoms with Gasteiger partial charge in [0, 0.05) is 40.3 Å². The van der Waals surface area contributed by atoms with E-state index in [2.05, 4.69) is 22.9 Å². The average Bonchev–Trinajstić information content (AvgIpc) is 3.30. The first-order chi connectivity index (χ1) is 15.3. The fourth-order valence-electron chi connectivity index (χ4n) is 4.27. The molecule has 0 fully saturated rings. The number of carbonyl (C=O) groups is 1. The molecule has 1 amide bonds. The third-order valence-electron chi connectivity index (χ3n) is 5.74. The van der Waals surface area contributed by atoms with Crippen molar-refractivity contribution in [1.29, 1.82) is 0 Å². The molecule has 0 saturated heterocycles. The van der Waals surface area contributed by atoms with E-state index in [1.165, 1.54) is 0 Å². The minimum Gasteiger partial charge on any atom is -0.492 e. The fraction of sp³-hybridized carbons (Fsp3) is 0.148. The maximum atomic E-state index is 13.1. The molecule has 2 heterocycles. The summed E-state index contributed by atoms with van der Waals surface area (Å²) in [6.07, 6.45) is 4.16. The van der Waals surface area contributed by atoms with Crippen molar-refractivity contribution in [1.82, 2.24) is 4.57 Å². The van der Waals surface area contributed by atoms with Gasteiger partial charge in [0.1, 0.15) is 12.4 Å². The summed E-state index contributed by atoms with van der Waals surface area (Å²) in [7, 11) is 0. The molecule has 1 aliphatic rings. The van der Waals surface area contributed by atoms with Crippen LogP contribution in [0.2, 0.25) is 0 Å². The first-order valence-electron chi connectivity index (χ1n) is 10.6. The molecule has 5 rings (SSSR count). The molecular formula is C27H24N2O2. The summed E-state index contributed by atoms with van der Waals surface area (Å²) in [4.78, 5) is 14.9. The SMILES string of the molecule is CCN1C(=O)/C(=C/c2cn(CCOc3ccccc3)c3ccccc23)c2ccccc21. The van der Waals surface area contributed by atoms with E-state index >= 15 is 0 Å². The standard InChI is InChI=1S/C27H24N2O2/c1-2-29-26-15-9-7-13-23(26)24(27(29)30)18-20-19-28(25-14-8-6-12-22(20)25)16-17-31-21-10-4-3-5-11-21/h3-15,18-19H,2,16-17H2,1H3/b24-18+. The highest BCUT2D eigenvalue weighted by Gasteiger charge is 2.31. The molecule has 0 saturated carbocycles. The zero-order chi connectivity index (χ0) is 21.2. The Balaban J connectivity index is 1.49. The van der Waals surface area contributed by atoms with Crippen LogP contribution in [-0.4, -0.2) is 23.6 Å². The molecule has 1 aliphatic heterocycles. The predicted octanol–water partition coefficient (Wildman–Crippen LogP) is 5.63. The molecule has 154 valence electrons. The first kappa shape index (κ1) is 19.2. The van der Waals surface area contributed by atoms with Crippen molar-refractivity contribution in [2.75, 3.05) is 18.1 Å². The Labute approximate surface area is 182 Å². The van der Waals surface area contributed by atoms with Gasteiger partial charge >= 0.3 is 0 Å². The number of aromatic nitrogens is 1. The van der Waals surface area contributed by atoms with Crippen molar-refractivity contribution in [3.63, 3.8) is 0 Å². The average molecular weight is 409 g/mol. The van der Waals surface area contributed by atoms with Gasteiger partial charge < -0.3 is 14.2 Å². The number of anilines is 1. The zero-order valence-corrected chi connectivity index (χ0v) is 17.5. The summed E-state index contributed by atoms with van der Waals surface area (Å²) in [6.45, 7) is 3.97. The lowest BCUT2D eigenvalue weighted by molar-refractivity contribution is -0.112. The van der Waals surface area contributed by atoms with Gasteiger partial charge in [0.05, 0.1) is 12.2 Å². The summed E-state index contributed by atoms with van der Waals surface area (Å²) in [6, 6.07) is 26.2. The molecule has 0 aliphatic carbocycles. The van der Waals surface area contributed by atoms with Gasteiger partial charge in [0.2, 0.25) is 0 Å². The van der Waals surface area contributed by atoms with Gasteiger partial charge in [-0.05, 0) is 37.3 Å². The fourth-order valence-corrected chi connectivity index (χ4v) is 4.27. The Morgan fingerprint density at radius 3 is 2.48 bits per heavy atom. The number of rotatable bonds is 6. The third-order valence-corrected chi connectivity index (χ3v) is 5.74. The summed E-state index contributed by atoms with van der Waals surface area (Å²) in [5.74, 6) is 0.932. The van der Waals surface area contributed by atoms with Gasteiger partial charge in [0.25, 0.3) is 5.91 Å². The Morgan fingerprint density at radius 1 is 0.903 bits per heavy atom. The maximum absolute atomic E-state index is 13.1. The van der Waals surface area contributed by atoms with Gasteiger partial charge in [-0.3, -0.25) is 4.79 Å². The van der Waals surface area contributed by atoms with E-state index in [1.54, 1.807) is 0 Å². The molecule has 0 spiro atoms. The largest absolute Gasteiger partial charge is 0.492 e. The van der Waals surface area contributed by atoms with E-state index in [9.17, 15) is 4.79 Å². The number of benzene rings is 3. The molecule has 0 N–H and O–H groups in total. The number of carbonyl (C=O) groups excluding carboxylic acids is 1. The second-order valence-corrected chi connectivity index (χ2v) is 7.58. The molecule has 4 aromatic rings. The Morgan fingerprint density at radius 2 is 1.65 bits per heavy atom. The molecule has 4 heteroatoms. The number of amides is 1. The van der Waals surface area contributed by atoms with Crippen LogP contribution in [0.5, 0.6) is 5.75 Å². The molecule has 31 heavy (non-hydrogen) atoms. The van der Waals surface area contributed by atoms with Gasteiger partial charge in [0.15, 0.2) is 0 Å². The lowest BCUT2D eigenvalue weighted by Gasteiger charge is -2.13. The zero-order valence-electron chi connectivity index (χ0n) is 17.5. The molecule has 0 bridgehead atoms. The van der Waals surface area contributed by atoms with E-state index in [1.807, 2.05) is 84.6 Å². The smallest absolute Gasteiger partial charge is 0.258 e. The van der Waals surface area contributed by atoms with Gasteiger partial charge in [-0.1, -0.05) is 54.6 Å². The number of fused-ring (bicyclic) bond motifs is 2. The normalized spacial score (nSPS) is 14.4. The van der Waals surface area contributed by atoms with Crippen LogP contribution in [0.1, 0.15) is 18.1 Å². The van der Waals surface area contributed by atoms with E-state index in [4.69, 9.17) is 4.74 Å². The van der Waals surface area contributed by atoms with Crippen molar-refractivity contribution in [3.05, 3.63) is 96.2 Å². The first-order valence-corrected chi connectivity index (χ1v) is 10.6. The Bertz CT molecular complexity index is 1270. The van der Waals surface area contributed by atoms with Gasteiger partial charge in [-0.15, -0.1) is 0 Å². The second kappa shape index (κ2) is 8.15. The molecule has 4 nitrogen and oxygen atoms in total. The van der Waals surface area contributed by atoms with Crippen molar-refractivity contribution < 1.29 is 9.53 Å². The highest BCUT2D eigenvalue weighted by atomic mass is 16.5.